The molecule has 0 aliphatic rings. The SMILES string of the molecule is CC(C)C(NCC(=O)Nc1c(Br)cc(Br)cc1Br)C(=O)O. The molecule has 0 saturated heterocycles. The summed E-state index contributed by atoms with van der Waals surface area (Å²) >= 11 is 10.1. The maximum atomic E-state index is 11.9. The summed E-state index contributed by atoms with van der Waals surface area (Å²) in [6, 6.07) is 2.86. The molecule has 1 aromatic carbocycles. The Bertz CT molecular complexity index is 526. The molecule has 0 radical (unpaired) electrons. The molecule has 1 amide bonds. The maximum absolute atomic E-state index is 11.9. The average molecular weight is 487 g/mol. The number of carboxylic acid groups (broad SMARTS) is 1. The third-order valence-electron chi connectivity index (χ3n) is 2.69. The van der Waals surface area contributed by atoms with Crippen LogP contribution in [0.5, 0.6) is 0 Å². The summed E-state index contributed by atoms with van der Waals surface area (Å²) in [6.07, 6.45) is 0. The lowest BCUT2D eigenvalue weighted by Gasteiger charge is -2.18. The Morgan fingerprint density at radius 2 is 1.71 bits per heavy atom. The largest absolute Gasteiger partial charge is 0.480 e. The van der Waals surface area contributed by atoms with E-state index in [1.807, 2.05) is 12.1 Å². The molecule has 21 heavy (non-hydrogen) atoms. The normalized spacial score (nSPS) is 12.3. The summed E-state index contributed by atoms with van der Waals surface area (Å²) < 4.78 is 2.30. The Hall–Kier alpha value is -0.440. The molecule has 1 atom stereocenters. The first kappa shape index (κ1) is 18.6. The summed E-state index contributed by atoms with van der Waals surface area (Å²) in [6.45, 7) is 3.49. The van der Waals surface area contributed by atoms with Gasteiger partial charge in [-0.15, -0.1) is 0 Å². The van der Waals surface area contributed by atoms with Gasteiger partial charge in [0.1, 0.15) is 6.04 Å². The molecule has 1 rings (SSSR count). The Kier molecular flexibility index (Phi) is 7.32. The second-order valence-electron chi connectivity index (χ2n) is 4.73. The van der Waals surface area contributed by atoms with Crippen LogP contribution >= 0.6 is 47.8 Å². The lowest BCUT2D eigenvalue weighted by Crippen LogP contribution is -2.44. The van der Waals surface area contributed by atoms with Gasteiger partial charge in [-0.25, -0.2) is 0 Å². The molecule has 116 valence electrons. The highest BCUT2D eigenvalue weighted by atomic mass is 79.9. The van der Waals surface area contributed by atoms with E-state index in [1.165, 1.54) is 0 Å². The minimum Gasteiger partial charge on any atom is -0.480 e. The second kappa shape index (κ2) is 8.26. The number of carboxylic acids is 1. The molecule has 0 saturated carbocycles. The summed E-state index contributed by atoms with van der Waals surface area (Å²) in [5, 5.41) is 14.5. The molecule has 1 aromatic rings. The quantitative estimate of drug-likeness (QED) is 0.574. The Balaban J connectivity index is 2.69. The van der Waals surface area contributed by atoms with Gasteiger partial charge in [-0.3, -0.25) is 14.9 Å². The van der Waals surface area contributed by atoms with Gasteiger partial charge in [0, 0.05) is 13.4 Å². The van der Waals surface area contributed by atoms with Crippen molar-refractivity contribution in [1.29, 1.82) is 0 Å². The highest BCUT2D eigenvalue weighted by molar-refractivity contribution is 9.11. The summed E-state index contributed by atoms with van der Waals surface area (Å²) in [5.74, 6) is -1.39. The zero-order chi connectivity index (χ0) is 16.2. The monoisotopic (exact) mass is 484 g/mol. The van der Waals surface area contributed by atoms with Crippen molar-refractivity contribution in [2.24, 2.45) is 5.92 Å². The predicted molar refractivity (Wildman–Crippen MR) is 92.4 cm³/mol. The third kappa shape index (κ3) is 5.69. The standard InChI is InChI=1S/C13H15Br3N2O3/c1-6(2)11(13(20)21)17-5-10(19)18-12-8(15)3-7(14)4-9(12)16/h3-4,6,11,17H,5H2,1-2H3,(H,18,19)(H,20,21). The minimum absolute atomic E-state index is 0.0793. The number of benzene rings is 1. The molecule has 0 bridgehead atoms. The lowest BCUT2D eigenvalue weighted by atomic mass is 10.1. The van der Waals surface area contributed by atoms with E-state index in [-0.39, 0.29) is 18.4 Å². The van der Waals surface area contributed by atoms with Gasteiger partial charge in [-0.1, -0.05) is 29.8 Å². The first-order valence-corrected chi connectivity index (χ1v) is 8.50. The summed E-state index contributed by atoms with van der Waals surface area (Å²) in [7, 11) is 0. The number of amides is 1. The number of carbonyl (C=O) groups is 2. The molecule has 3 N–H and O–H groups in total. The number of nitrogens with one attached hydrogen (secondary N) is 2. The van der Waals surface area contributed by atoms with E-state index in [4.69, 9.17) is 5.11 Å². The van der Waals surface area contributed by atoms with Gasteiger partial charge in [0.15, 0.2) is 0 Å². The fourth-order valence-corrected chi connectivity index (χ4v) is 4.11. The number of aliphatic carboxylic acids is 1. The first-order chi connectivity index (χ1) is 9.72. The molecular formula is C13H15Br3N2O3. The van der Waals surface area contributed by atoms with Crippen molar-refractivity contribution in [2.45, 2.75) is 19.9 Å². The van der Waals surface area contributed by atoms with E-state index in [0.29, 0.717) is 5.69 Å². The number of hydrogen-bond donors (Lipinski definition) is 3. The molecule has 8 heteroatoms. The number of halogens is 3. The first-order valence-electron chi connectivity index (χ1n) is 6.13. The van der Waals surface area contributed by atoms with Crippen molar-refractivity contribution in [3.05, 3.63) is 25.6 Å². The Morgan fingerprint density at radius 1 is 1.19 bits per heavy atom. The van der Waals surface area contributed by atoms with Crippen LogP contribution in [0.4, 0.5) is 5.69 Å². The number of hydrogen-bond acceptors (Lipinski definition) is 3. The van der Waals surface area contributed by atoms with Crippen molar-refractivity contribution in [2.75, 3.05) is 11.9 Å². The van der Waals surface area contributed by atoms with Crippen LogP contribution in [-0.4, -0.2) is 29.6 Å². The zero-order valence-corrected chi connectivity index (χ0v) is 16.2. The lowest BCUT2D eigenvalue weighted by molar-refractivity contribution is -0.140. The van der Waals surface area contributed by atoms with Crippen LogP contribution < -0.4 is 10.6 Å². The van der Waals surface area contributed by atoms with E-state index in [2.05, 4.69) is 58.4 Å². The van der Waals surface area contributed by atoms with Crippen LogP contribution in [-0.2, 0) is 9.59 Å². The maximum Gasteiger partial charge on any atom is 0.320 e. The molecule has 0 spiro atoms. The van der Waals surface area contributed by atoms with Crippen molar-refractivity contribution in [3.63, 3.8) is 0 Å². The van der Waals surface area contributed by atoms with E-state index in [1.54, 1.807) is 13.8 Å². The van der Waals surface area contributed by atoms with E-state index in [0.717, 1.165) is 13.4 Å². The minimum atomic E-state index is -0.969. The van der Waals surface area contributed by atoms with Crippen molar-refractivity contribution >= 4 is 65.4 Å². The third-order valence-corrected chi connectivity index (χ3v) is 4.40. The molecule has 5 nitrogen and oxygen atoms in total. The molecule has 0 heterocycles. The van der Waals surface area contributed by atoms with Crippen LogP contribution in [0, 0.1) is 5.92 Å². The number of anilines is 1. The summed E-state index contributed by atoms with van der Waals surface area (Å²) in [5.41, 5.74) is 0.599. The van der Waals surface area contributed by atoms with Crippen molar-refractivity contribution in [3.8, 4) is 0 Å². The fourth-order valence-electron chi connectivity index (χ4n) is 1.66. The van der Waals surface area contributed by atoms with Crippen LogP contribution in [0.1, 0.15) is 13.8 Å². The topological polar surface area (TPSA) is 78.4 Å². The number of rotatable bonds is 6. The van der Waals surface area contributed by atoms with Gasteiger partial charge in [-0.05, 0) is 49.9 Å². The molecule has 0 aliphatic carbocycles. The second-order valence-corrected chi connectivity index (χ2v) is 7.36. The molecule has 0 aliphatic heterocycles. The van der Waals surface area contributed by atoms with E-state index >= 15 is 0 Å². The van der Waals surface area contributed by atoms with Gasteiger partial charge in [-0.2, -0.15) is 0 Å². The highest BCUT2D eigenvalue weighted by Gasteiger charge is 2.21. The molecular weight excluding hydrogens is 472 g/mol. The van der Waals surface area contributed by atoms with Gasteiger partial charge < -0.3 is 10.4 Å². The van der Waals surface area contributed by atoms with Crippen molar-refractivity contribution in [1.82, 2.24) is 5.32 Å². The Labute approximate surface area is 148 Å². The van der Waals surface area contributed by atoms with Crippen LogP contribution in [0.25, 0.3) is 0 Å². The Morgan fingerprint density at radius 3 is 2.14 bits per heavy atom. The van der Waals surface area contributed by atoms with E-state index in [9.17, 15) is 9.59 Å². The smallest absolute Gasteiger partial charge is 0.320 e. The van der Waals surface area contributed by atoms with Gasteiger partial charge in [0.2, 0.25) is 5.91 Å². The zero-order valence-electron chi connectivity index (χ0n) is 11.4. The molecule has 0 aromatic heterocycles. The van der Waals surface area contributed by atoms with E-state index < -0.39 is 12.0 Å². The molecule has 0 fully saturated rings. The fraction of sp³-hybridized carbons (Fsp3) is 0.385. The van der Waals surface area contributed by atoms with Crippen molar-refractivity contribution < 1.29 is 14.7 Å². The number of carbonyl (C=O) groups excluding carboxylic acids is 1. The highest BCUT2D eigenvalue weighted by Crippen LogP contribution is 2.34. The van der Waals surface area contributed by atoms with Crippen LogP contribution in [0.3, 0.4) is 0 Å². The van der Waals surface area contributed by atoms with Crippen LogP contribution in [0.2, 0.25) is 0 Å². The van der Waals surface area contributed by atoms with Gasteiger partial charge >= 0.3 is 5.97 Å². The van der Waals surface area contributed by atoms with Gasteiger partial charge in [0.05, 0.1) is 12.2 Å². The van der Waals surface area contributed by atoms with Gasteiger partial charge in [0.25, 0.3) is 0 Å². The predicted octanol–water partition coefficient (Wildman–Crippen LogP) is 3.61. The average Bonchev–Trinajstić information content (AvgIpc) is 2.33. The van der Waals surface area contributed by atoms with Crippen LogP contribution in [0.15, 0.2) is 25.6 Å². The summed E-state index contributed by atoms with van der Waals surface area (Å²) in [4.78, 5) is 23.0. The molecule has 1 unspecified atom stereocenters.